The molecule has 4 rings (SSSR count). The number of aliphatic hydroxyl groups excluding tert-OH is 1. The van der Waals surface area contributed by atoms with Gasteiger partial charge in [0.05, 0.1) is 6.10 Å². The molecule has 0 unspecified atom stereocenters. The van der Waals surface area contributed by atoms with Gasteiger partial charge in [-0.3, -0.25) is 0 Å². The Morgan fingerprint density at radius 3 is 2.36 bits per heavy atom. The molecule has 28 heavy (non-hydrogen) atoms. The molecule has 4 aromatic rings. The van der Waals surface area contributed by atoms with Gasteiger partial charge in [-0.15, -0.1) is 0 Å². The number of rotatable bonds is 7. The van der Waals surface area contributed by atoms with Crippen molar-refractivity contribution >= 4 is 22.5 Å². The number of aliphatic hydroxyl groups is 1. The van der Waals surface area contributed by atoms with Gasteiger partial charge in [0, 0.05) is 41.1 Å². The predicted octanol–water partition coefficient (Wildman–Crippen LogP) is 5.28. The Kier molecular flexibility index (Phi) is 5.77. The van der Waals surface area contributed by atoms with Crippen LogP contribution < -0.4 is 5.32 Å². The van der Waals surface area contributed by atoms with E-state index in [0.29, 0.717) is 13.1 Å². The third-order valence-electron chi connectivity index (χ3n) is 5.15. The minimum Gasteiger partial charge on any atom is -0.387 e. The monoisotopic (exact) mass is 390 g/mol. The van der Waals surface area contributed by atoms with Crippen molar-refractivity contribution in [2.45, 2.75) is 12.0 Å². The van der Waals surface area contributed by atoms with Crippen LogP contribution in [0.5, 0.6) is 0 Å². The van der Waals surface area contributed by atoms with Crippen molar-refractivity contribution in [3.05, 3.63) is 107 Å². The lowest BCUT2D eigenvalue weighted by Gasteiger charge is -2.21. The minimum absolute atomic E-state index is 0.0767. The smallest absolute Gasteiger partial charge is 0.0914 e. The maximum atomic E-state index is 10.5. The molecule has 3 N–H and O–H groups in total. The van der Waals surface area contributed by atoms with E-state index in [2.05, 4.69) is 40.8 Å². The molecule has 0 spiro atoms. The average Bonchev–Trinajstić information content (AvgIpc) is 3.16. The second-order valence-electron chi connectivity index (χ2n) is 6.95. The third-order valence-corrected chi connectivity index (χ3v) is 5.49. The summed E-state index contributed by atoms with van der Waals surface area (Å²) >= 11 is 6.54. The number of H-pyrrole nitrogens is 1. The summed E-state index contributed by atoms with van der Waals surface area (Å²) in [7, 11) is 0. The number of para-hydroxylation sites is 1. The van der Waals surface area contributed by atoms with Gasteiger partial charge in [0.1, 0.15) is 0 Å². The van der Waals surface area contributed by atoms with E-state index in [1.165, 1.54) is 10.9 Å². The number of hydrogen-bond donors (Lipinski definition) is 3. The van der Waals surface area contributed by atoms with Crippen molar-refractivity contribution in [3.8, 4) is 0 Å². The molecule has 142 valence electrons. The zero-order valence-corrected chi connectivity index (χ0v) is 16.2. The van der Waals surface area contributed by atoms with Crippen LogP contribution in [-0.2, 0) is 0 Å². The van der Waals surface area contributed by atoms with Crippen molar-refractivity contribution in [3.63, 3.8) is 0 Å². The largest absolute Gasteiger partial charge is 0.387 e. The second kappa shape index (κ2) is 8.61. The second-order valence-corrected chi connectivity index (χ2v) is 7.36. The van der Waals surface area contributed by atoms with Crippen molar-refractivity contribution in [1.29, 1.82) is 0 Å². The summed E-state index contributed by atoms with van der Waals surface area (Å²) in [6.45, 7) is 1.16. The number of aromatic nitrogens is 1. The number of fused-ring (bicyclic) bond motifs is 1. The summed E-state index contributed by atoms with van der Waals surface area (Å²) in [5.41, 5.74) is 4.30. The Morgan fingerprint density at radius 1 is 0.821 bits per heavy atom. The summed E-state index contributed by atoms with van der Waals surface area (Å²) in [5.74, 6) is 0.0767. The van der Waals surface area contributed by atoms with Crippen LogP contribution in [0.1, 0.15) is 28.7 Å². The fourth-order valence-electron chi connectivity index (χ4n) is 3.68. The van der Waals surface area contributed by atoms with Crippen LogP contribution in [-0.4, -0.2) is 23.2 Å². The van der Waals surface area contributed by atoms with Gasteiger partial charge < -0.3 is 15.4 Å². The lowest BCUT2D eigenvalue weighted by molar-refractivity contribution is 0.174. The Hall–Kier alpha value is -2.59. The summed E-state index contributed by atoms with van der Waals surface area (Å²) in [6, 6.07) is 26.0. The van der Waals surface area contributed by atoms with Gasteiger partial charge in [-0.05, 0) is 28.8 Å². The van der Waals surface area contributed by atoms with Gasteiger partial charge in [0.2, 0.25) is 0 Å². The molecule has 2 atom stereocenters. The van der Waals surface area contributed by atoms with E-state index in [4.69, 9.17) is 11.6 Å². The van der Waals surface area contributed by atoms with Crippen molar-refractivity contribution < 1.29 is 5.11 Å². The number of halogens is 1. The molecule has 3 aromatic carbocycles. The Labute approximate surface area is 170 Å². The highest BCUT2D eigenvalue weighted by Gasteiger charge is 2.20. The first kappa shape index (κ1) is 18.8. The molecule has 0 saturated heterocycles. The van der Waals surface area contributed by atoms with E-state index < -0.39 is 6.10 Å². The van der Waals surface area contributed by atoms with Crippen molar-refractivity contribution in [1.82, 2.24) is 10.3 Å². The predicted molar refractivity (Wildman–Crippen MR) is 116 cm³/mol. The molecule has 0 radical (unpaired) electrons. The van der Waals surface area contributed by atoms with Crippen molar-refractivity contribution in [2.75, 3.05) is 13.1 Å². The molecule has 0 bridgehead atoms. The van der Waals surface area contributed by atoms with Gasteiger partial charge in [-0.2, -0.15) is 0 Å². The fraction of sp³-hybridized carbons (Fsp3) is 0.167. The number of aromatic amines is 1. The van der Waals surface area contributed by atoms with E-state index in [1.807, 2.05) is 54.6 Å². The van der Waals surface area contributed by atoms with Crippen LogP contribution in [0.15, 0.2) is 85.1 Å². The maximum Gasteiger partial charge on any atom is 0.0914 e. The highest BCUT2D eigenvalue weighted by Crippen LogP contribution is 2.34. The Morgan fingerprint density at radius 2 is 1.54 bits per heavy atom. The molecule has 0 saturated carbocycles. The molecule has 4 heteroatoms. The van der Waals surface area contributed by atoms with E-state index in [0.717, 1.165) is 21.7 Å². The number of benzene rings is 3. The topological polar surface area (TPSA) is 48.0 Å². The highest BCUT2D eigenvalue weighted by atomic mass is 35.5. The molecule has 0 aliphatic heterocycles. The normalized spacial score (nSPS) is 13.5. The van der Waals surface area contributed by atoms with Gasteiger partial charge in [0.15, 0.2) is 0 Å². The fourth-order valence-corrected chi connectivity index (χ4v) is 3.95. The summed E-state index contributed by atoms with van der Waals surface area (Å²) < 4.78 is 0. The van der Waals surface area contributed by atoms with Gasteiger partial charge in [0.25, 0.3) is 0 Å². The summed E-state index contributed by atoms with van der Waals surface area (Å²) in [6.07, 6.45) is 1.52. The molecule has 0 fully saturated rings. The van der Waals surface area contributed by atoms with Crippen LogP contribution in [0.25, 0.3) is 10.9 Å². The van der Waals surface area contributed by atoms with E-state index in [9.17, 15) is 5.11 Å². The number of hydrogen-bond acceptors (Lipinski definition) is 2. The molecular weight excluding hydrogens is 368 g/mol. The molecular formula is C24H23ClN2O. The summed E-state index contributed by atoms with van der Waals surface area (Å²) in [4.78, 5) is 3.36. The molecule has 0 amide bonds. The highest BCUT2D eigenvalue weighted by molar-refractivity contribution is 6.31. The molecule has 1 heterocycles. The molecule has 0 aliphatic rings. The van der Waals surface area contributed by atoms with E-state index in [1.54, 1.807) is 0 Å². The van der Waals surface area contributed by atoms with E-state index >= 15 is 0 Å². The quantitative estimate of drug-likeness (QED) is 0.402. The lowest BCUT2D eigenvalue weighted by Crippen LogP contribution is -2.27. The Balaban J connectivity index is 1.58. The molecule has 0 aliphatic carbocycles. The summed E-state index contributed by atoms with van der Waals surface area (Å²) in [5, 5.41) is 15.9. The Bertz CT molecular complexity index is 1040. The standard InChI is InChI=1S/C24H23ClN2O/c25-22-12-6-4-10-18(22)20(21-15-27-23-13-7-5-11-19(21)23)14-26-16-24(28)17-8-2-1-3-9-17/h1-13,15,20,24,26-28H,14,16H2/t20-,24-/m1/s1. The van der Waals surface area contributed by atoms with Crippen molar-refractivity contribution in [2.24, 2.45) is 0 Å². The van der Waals surface area contributed by atoms with E-state index in [-0.39, 0.29) is 5.92 Å². The van der Waals surface area contributed by atoms with Gasteiger partial charge >= 0.3 is 0 Å². The average molecular weight is 391 g/mol. The molecule has 3 nitrogen and oxygen atoms in total. The van der Waals surface area contributed by atoms with Gasteiger partial charge in [-0.1, -0.05) is 78.3 Å². The zero-order valence-electron chi connectivity index (χ0n) is 15.5. The first-order valence-electron chi connectivity index (χ1n) is 9.48. The zero-order chi connectivity index (χ0) is 19.3. The molecule has 1 aromatic heterocycles. The maximum absolute atomic E-state index is 10.5. The number of nitrogens with one attached hydrogen (secondary N) is 2. The van der Waals surface area contributed by atoms with Crippen LogP contribution in [0.2, 0.25) is 5.02 Å². The minimum atomic E-state index is -0.545. The first-order valence-corrected chi connectivity index (χ1v) is 9.86. The lowest BCUT2D eigenvalue weighted by atomic mass is 9.90. The van der Waals surface area contributed by atoms with Crippen LogP contribution in [0.3, 0.4) is 0 Å². The first-order chi connectivity index (χ1) is 13.7. The SMILES string of the molecule is O[C@H](CNC[C@H](c1ccccc1Cl)c1c[nH]c2ccccc12)c1ccccc1. The third kappa shape index (κ3) is 3.97. The van der Waals surface area contributed by atoms with Crippen LogP contribution in [0.4, 0.5) is 0 Å². The van der Waals surface area contributed by atoms with Crippen LogP contribution >= 0.6 is 11.6 Å². The van der Waals surface area contributed by atoms with Crippen LogP contribution in [0, 0.1) is 0 Å². The van der Waals surface area contributed by atoms with Gasteiger partial charge in [-0.25, -0.2) is 0 Å².